The number of aryl methyl sites for hydroxylation is 1. The first-order valence-electron chi connectivity index (χ1n) is 6.78. The Labute approximate surface area is 122 Å². The van der Waals surface area contributed by atoms with Crippen LogP contribution >= 0.6 is 11.3 Å². The van der Waals surface area contributed by atoms with Gasteiger partial charge in [-0.1, -0.05) is 18.2 Å². The third-order valence-electron chi connectivity index (χ3n) is 3.62. The molecule has 5 heteroatoms. The second-order valence-corrected chi connectivity index (χ2v) is 5.84. The number of aromatic nitrogens is 1. The maximum absolute atomic E-state index is 12.5. The summed E-state index contributed by atoms with van der Waals surface area (Å²) in [6, 6.07) is 7.75. The lowest BCUT2D eigenvalue weighted by molar-refractivity contribution is -0.117. The molecular weight excluding hydrogens is 270 g/mol. The van der Waals surface area contributed by atoms with Crippen molar-refractivity contribution in [1.82, 2.24) is 4.98 Å². The molecule has 1 N–H and O–H groups in total. The normalized spacial score (nSPS) is 18.2. The number of amides is 1. The molecule has 2 heterocycles. The molecule has 104 valence electrons. The Balaban J connectivity index is 1.75. The number of nitrogens with zero attached hydrogens (tertiary/aromatic N) is 2. The Morgan fingerprint density at radius 2 is 2.30 bits per heavy atom. The highest BCUT2D eigenvalue weighted by Crippen LogP contribution is 2.28. The molecular formula is C15H17N3OS. The first-order chi connectivity index (χ1) is 9.75. The zero-order chi connectivity index (χ0) is 13.9. The lowest BCUT2D eigenvalue weighted by Gasteiger charge is -2.23. The minimum absolute atomic E-state index is 0.0620. The highest BCUT2D eigenvalue weighted by molar-refractivity contribution is 7.13. The minimum Gasteiger partial charge on any atom is -0.336 e. The lowest BCUT2D eigenvalue weighted by Crippen LogP contribution is -2.39. The Hall–Kier alpha value is -1.88. The summed E-state index contributed by atoms with van der Waals surface area (Å²) in [6.45, 7) is 2.90. The molecule has 0 bridgehead atoms. The number of carbonyl (C=O) groups is 1. The molecule has 0 spiro atoms. The van der Waals surface area contributed by atoms with Gasteiger partial charge >= 0.3 is 0 Å². The van der Waals surface area contributed by atoms with Crippen LogP contribution in [0.4, 0.5) is 10.8 Å². The summed E-state index contributed by atoms with van der Waals surface area (Å²) in [7, 11) is 0. The molecule has 0 radical (unpaired) electrons. The van der Waals surface area contributed by atoms with Gasteiger partial charge in [-0.25, -0.2) is 4.98 Å². The second kappa shape index (κ2) is 5.63. The second-order valence-electron chi connectivity index (χ2n) is 4.97. The number of carbonyl (C=O) groups excluding carboxylic acids is 1. The number of rotatable bonds is 3. The fourth-order valence-electron chi connectivity index (χ4n) is 2.56. The van der Waals surface area contributed by atoms with Crippen molar-refractivity contribution in [2.75, 3.05) is 16.8 Å². The molecule has 20 heavy (non-hydrogen) atoms. The summed E-state index contributed by atoms with van der Waals surface area (Å²) in [5.74, 6) is 0.0620. The number of hydrogen-bond donors (Lipinski definition) is 1. The molecule has 1 saturated heterocycles. The van der Waals surface area contributed by atoms with Crippen molar-refractivity contribution in [2.45, 2.75) is 25.8 Å². The van der Waals surface area contributed by atoms with Gasteiger partial charge in [-0.05, 0) is 31.4 Å². The van der Waals surface area contributed by atoms with E-state index in [2.05, 4.69) is 15.2 Å². The summed E-state index contributed by atoms with van der Waals surface area (Å²) in [5, 5.41) is 5.93. The standard InChI is InChI=1S/C15H17N3OS/c1-11-5-2-3-6-12(11)17-14(19)13-7-4-9-18(13)15-16-8-10-20-15/h2-3,5-6,8,10,13H,4,7,9H2,1H3,(H,17,19)/t13-/m1/s1. The van der Waals surface area contributed by atoms with Crippen molar-refractivity contribution >= 4 is 28.1 Å². The number of benzene rings is 1. The first-order valence-corrected chi connectivity index (χ1v) is 7.66. The van der Waals surface area contributed by atoms with Gasteiger partial charge < -0.3 is 10.2 Å². The van der Waals surface area contributed by atoms with Gasteiger partial charge in [-0.15, -0.1) is 11.3 Å². The van der Waals surface area contributed by atoms with Crippen LogP contribution in [0.1, 0.15) is 18.4 Å². The Morgan fingerprint density at radius 1 is 1.45 bits per heavy atom. The summed E-state index contributed by atoms with van der Waals surface area (Å²) in [4.78, 5) is 18.9. The molecule has 0 unspecified atom stereocenters. The number of hydrogen-bond acceptors (Lipinski definition) is 4. The third-order valence-corrected chi connectivity index (χ3v) is 4.43. The maximum atomic E-state index is 12.5. The maximum Gasteiger partial charge on any atom is 0.247 e. The summed E-state index contributed by atoms with van der Waals surface area (Å²) in [5.41, 5.74) is 1.98. The van der Waals surface area contributed by atoms with E-state index in [-0.39, 0.29) is 11.9 Å². The van der Waals surface area contributed by atoms with Gasteiger partial charge in [0.15, 0.2) is 5.13 Å². The van der Waals surface area contributed by atoms with Crippen LogP contribution in [0, 0.1) is 6.92 Å². The Morgan fingerprint density at radius 3 is 3.05 bits per heavy atom. The van der Waals surface area contributed by atoms with E-state index in [4.69, 9.17) is 0 Å². The Kier molecular flexibility index (Phi) is 3.69. The van der Waals surface area contributed by atoms with Crippen molar-refractivity contribution in [3.8, 4) is 0 Å². The van der Waals surface area contributed by atoms with Gasteiger partial charge in [0.05, 0.1) is 0 Å². The Bertz CT molecular complexity index is 597. The third kappa shape index (κ3) is 2.54. The molecule has 2 aromatic rings. The van der Waals surface area contributed by atoms with Crippen molar-refractivity contribution in [3.63, 3.8) is 0 Å². The van der Waals surface area contributed by atoms with E-state index >= 15 is 0 Å². The van der Waals surface area contributed by atoms with Crippen LogP contribution in [-0.2, 0) is 4.79 Å². The van der Waals surface area contributed by atoms with Crippen LogP contribution < -0.4 is 10.2 Å². The molecule has 1 fully saturated rings. The van der Waals surface area contributed by atoms with E-state index in [1.807, 2.05) is 36.6 Å². The van der Waals surface area contributed by atoms with Gasteiger partial charge in [-0.2, -0.15) is 0 Å². The molecule has 1 aromatic carbocycles. The zero-order valence-electron chi connectivity index (χ0n) is 11.4. The van der Waals surface area contributed by atoms with Gasteiger partial charge in [-0.3, -0.25) is 4.79 Å². The molecule has 0 saturated carbocycles. The van der Waals surface area contributed by atoms with E-state index in [0.717, 1.165) is 35.8 Å². The topological polar surface area (TPSA) is 45.2 Å². The summed E-state index contributed by atoms with van der Waals surface area (Å²) >= 11 is 1.59. The fraction of sp³-hybridized carbons (Fsp3) is 0.333. The highest BCUT2D eigenvalue weighted by atomic mass is 32.1. The van der Waals surface area contributed by atoms with Crippen LogP contribution in [0.2, 0.25) is 0 Å². The minimum atomic E-state index is -0.110. The molecule has 1 atom stereocenters. The SMILES string of the molecule is Cc1ccccc1NC(=O)[C@H]1CCCN1c1nccs1. The zero-order valence-corrected chi connectivity index (χ0v) is 12.2. The summed E-state index contributed by atoms with van der Waals surface area (Å²) < 4.78 is 0. The van der Waals surface area contributed by atoms with Gasteiger partial charge in [0.1, 0.15) is 6.04 Å². The molecule has 1 amide bonds. The molecule has 1 aliphatic rings. The fourth-order valence-corrected chi connectivity index (χ4v) is 3.27. The highest BCUT2D eigenvalue weighted by Gasteiger charge is 2.32. The predicted octanol–water partition coefficient (Wildman–Crippen LogP) is 3.06. The van der Waals surface area contributed by atoms with Gasteiger partial charge in [0.25, 0.3) is 0 Å². The molecule has 1 aromatic heterocycles. The van der Waals surface area contributed by atoms with Crippen LogP contribution in [0.25, 0.3) is 0 Å². The van der Waals surface area contributed by atoms with E-state index in [0.29, 0.717) is 0 Å². The number of para-hydroxylation sites is 1. The monoisotopic (exact) mass is 287 g/mol. The van der Waals surface area contributed by atoms with E-state index in [1.54, 1.807) is 17.5 Å². The van der Waals surface area contributed by atoms with E-state index in [9.17, 15) is 4.79 Å². The van der Waals surface area contributed by atoms with Crippen molar-refractivity contribution in [1.29, 1.82) is 0 Å². The smallest absolute Gasteiger partial charge is 0.247 e. The largest absolute Gasteiger partial charge is 0.336 e. The predicted molar refractivity (Wildman–Crippen MR) is 82.3 cm³/mol. The van der Waals surface area contributed by atoms with Gasteiger partial charge in [0.2, 0.25) is 5.91 Å². The molecule has 3 rings (SSSR count). The quantitative estimate of drug-likeness (QED) is 0.943. The average molecular weight is 287 g/mol. The van der Waals surface area contributed by atoms with E-state index < -0.39 is 0 Å². The number of nitrogens with one attached hydrogen (secondary N) is 1. The van der Waals surface area contributed by atoms with E-state index in [1.165, 1.54) is 0 Å². The van der Waals surface area contributed by atoms with Crippen LogP contribution in [0.5, 0.6) is 0 Å². The van der Waals surface area contributed by atoms with Gasteiger partial charge in [0, 0.05) is 23.8 Å². The van der Waals surface area contributed by atoms with Crippen molar-refractivity contribution in [2.24, 2.45) is 0 Å². The van der Waals surface area contributed by atoms with Crippen LogP contribution in [0.15, 0.2) is 35.8 Å². The van der Waals surface area contributed by atoms with Crippen molar-refractivity contribution < 1.29 is 4.79 Å². The average Bonchev–Trinajstić information content (AvgIpc) is 3.11. The molecule has 1 aliphatic heterocycles. The lowest BCUT2D eigenvalue weighted by atomic mass is 10.1. The van der Waals surface area contributed by atoms with Crippen LogP contribution in [0.3, 0.4) is 0 Å². The molecule has 4 nitrogen and oxygen atoms in total. The van der Waals surface area contributed by atoms with Crippen molar-refractivity contribution in [3.05, 3.63) is 41.4 Å². The number of thiazole rings is 1. The molecule has 0 aliphatic carbocycles. The van der Waals surface area contributed by atoms with Crippen LogP contribution in [-0.4, -0.2) is 23.5 Å². The first kappa shape index (κ1) is 13.1. The number of anilines is 2. The summed E-state index contributed by atoms with van der Waals surface area (Å²) in [6.07, 6.45) is 3.71.